The smallest absolute Gasteiger partial charge is 0.208 e. The summed E-state index contributed by atoms with van der Waals surface area (Å²) < 4.78 is 30.3. The maximum atomic E-state index is 11.0. The third-order valence-corrected chi connectivity index (χ3v) is 5.21. The SMILES string of the molecule is CCNC(=NCCNS(C)(=O)=O)NC1C2CCOC2C1(C)C.I. The van der Waals surface area contributed by atoms with E-state index in [4.69, 9.17) is 4.74 Å². The lowest BCUT2D eigenvalue weighted by atomic mass is 9.57. The summed E-state index contributed by atoms with van der Waals surface area (Å²) in [6, 6.07) is 0.334. The van der Waals surface area contributed by atoms with Crippen molar-refractivity contribution in [3.05, 3.63) is 0 Å². The molecule has 23 heavy (non-hydrogen) atoms. The molecule has 2 aliphatic rings. The van der Waals surface area contributed by atoms with Crippen LogP contribution in [0, 0.1) is 11.3 Å². The number of aliphatic imine (C=N–C) groups is 1. The van der Waals surface area contributed by atoms with E-state index in [1.807, 2.05) is 6.92 Å². The van der Waals surface area contributed by atoms with Crippen molar-refractivity contribution in [3.63, 3.8) is 0 Å². The standard InChI is InChI=1S/C14H28N4O3S.HI/c1-5-15-13(16-7-8-17-22(4,19)20)18-11-10-6-9-21-12(10)14(11,2)3;/h10-12,17H,5-9H2,1-4H3,(H2,15,16,18);1H. The number of sulfonamides is 1. The van der Waals surface area contributed by atoms with Gasteiger partial charge in [0, 0.05) is 37.1 Å². The monoisotopic (exact) mass is 460 g/mol. The Balaban J connectivity index is 0.00000264. The topological polar surface area (TPSA) is 91.8 Å². The van der Waals surface area contributed by atoms with Gasteiger partial charge in [0.25, 0.3) is 0 Å². The number of guanidine groups is 1. The Morgan fingerprint density at radius 3 is 2.70 bits per heavy atom. The molecule has 1 aliphatic heterocycles. The van der Waals surface area contributed by atoms with Crippen LogP contribution in [0.15, 0.2) is 4.99 Å². The number of hydrogen-bond acceptors (Lipinski definition) is 4. The quantitative estimate of drug-likeness (QED) is 0.233. The maximum absolute atomic E-state index is 11.0. The number of nitrogens with one attached hydrogen (secondary N) is 3. The van der Waals surface area contributed by atoms with Crippen molar-refractivity contribution in [2.24, 2.45) is 16.3 Å². The van der Waals surface area contributed by atoms with Crippen LogP contribution in [0.5, 0.6) is 0 Å². The molecular formula is C14H29IN4O3S. The Kier molecular flexibility index (Phi) is 7.55. The van der Waals surface area contributed by atoms with Gasteiger partial charge in [-0.2, -0.15) is 0 Å². The highest BCUT2D eigenvalue weighted by molar-refractivity contribution is 14.0. The zero-order valence-corrected chi connectivity index (χ0v) is 17.4. The minimum absolute atomic E-state index is 0. The number of nitrogens with zero attached hydrogens (tertiary/aromatic N) is 1. The van der Waals surface area contributed by atoms with E-state index < -0.39 is 10.0 Å². The number of ether oxygens (including phenoxy) is 1. The van der Waals surface area contributed by atoms with Gasteiger partial charge in [-0.15, -0.1) is 24.0 Å². The third-order valence-electron chi connectivity index (χ3n) is 4.48. The highest BCUT2D eigenvalue weighted by atomic mass is 127. The Hall–Kier alpha value is -0.130. The molecule has 2 fully saturated rings. The van der Waals surface area contributed by atoms with Gasteiger partial charge in [0.05, 0.1) is 18.9 Å². The predicted octanol–water partition coefficient (Wildman–Crippen LogP) is 0.522. The number of fused-ring (bicyclic) bond motifs is 1. The van der Waals surface area contributed by atoms with Crippen molar-refractivity contribution in [2.45, 2.75) is 39.3 Å². The van der Waals surface area contributed by atoms with Crippen LogP contribution in [-0.2, 0) is 14.8 Å². The molecule has 2 rings (SSSR count). The van der Waals surface area contributed by atoms with Crippen molar-refractivity contribution in [2.75, 3.05) is 32.5 Å². The van der Waals surface area contributed by atoms with Crippen molar-refractivity contribution >= 4 is 40.0 Å². The van der Waals surface area contributed by atoms with Gasteiger partial charge in [-0.1, -0.05) is 13.8 Å². The average Bonchev–Trinajstić information content (AvgIpc) is 2.86. The van der Waals surface area contributed by atoms with E-state index in [1.54, 1.807) is 0 Å². The summed E-state index contributed by atoms with van der Waals surface area (Å²) in [5.41, 5.74) is 0.0857. The summed E-state index contributed by atoms with van der Waals surface area (Å²) >= 11 is 0. The Labute approximate surface area is 156 Å². The van der Waals surface area contributed by atoms with E-state index >= 15 is 0 Å². The summed E-state index contributed by atoms with van der Waals surface area (Å²) in [5.74, 6) is 1.27. The molecule has 0 aromatic carbocycles. The summed E-state index contributed by atoms with van der Waals surface area (Å²) in [5, 5.41) is 6.71. The van der Waals surface area contributed by atoms with Crippen molar-refractivity contribution in [1.82, 2.24) is 15.4 Å². The van der Waals surface area contributed by atoms with Gasteiger partial charge in [0.2, 0.25) is 10.0 Å². The van der Waals surface area contributed by atoms with Crippen LogP contribution in [0.2, 0.25) is 0 Å². The Morgan fingerprint density at radius 1 is 1.39 bits per heavy atom. The number of hydrogen-bond donors (Lipinski definition) is 3. The van der Waals surface area contributed by atoms with Crippen LogP contribution in [0.25, 0.3) is 0 Å². The Bertz CT molecular complexity index is 524. The second kappa shape index (κ2) is 8.30. The van der Waals surface area contributed by atoms with Gasteiger partial charge >= 0.3 is 0 Å². The van der Waals surface area contributed by atoms with E-state index in [9.17, 15) is 8.42 Å². The average molecular weight is 460 g/mol. The lowest BCUT2D eigenvalue weighted by molar-refractivity contribution is -0.106. The molecule has 3 atom stereocenters. The second-order valence-corrected chi connectivity index (χ2v) is 8.45. The molecule has 1 aliphatic carbocycles. The molecule has 3 N–H and O–H groups in total. The second-order valence-electron chi connectivity index (χ2n) is 6.61. The van der Waals surface area contributed by atoms with E-state index in [0.717, 1.165) is 31.8 Å². The molecule has 0 spiro atoms. The molecule has 1 heterocycles. The van der Waals surface area contributed by atoms with E-state index in [1.165, 1.54) is 0 Å². The molecule has 0 amide bonds. The first-order valence-corrected chi connectivity index (χ1v) is 9.76. The number of rotatable bonds is 6. The van der Waals surface area contributed by atoms with Crippen molar-refractivity contribution < 1.29 is 13.2 Å². The highest BCUT2D eigenvalue weighted by Gasteiger charge is 2.59. The summed E-state index contributed by atoms with van der Waals surface area (Å²) in [4.78, 5) is 4.44. The zero-order chi connectivity index (χ0) is 16.4. The van der Waals surface area contributed by atoms with Crippen LogP contribution in [0.3, 0.4) is 0 Å². The largest absolute Gasteiger partial charge is 0.377 e. The maximum Gasteiger partial charge on any atom is 0.208 e. The molecule has 0 bridgehead atoms. The van der Waals surface area contributed by atoms with Gasteiger partial charge < -0.3 is 15.4 Å². The minimum atomic E-state index is -3.16. The first-order valence-electron chi connectivity index (χ1n) is 7.87. The molecule has 7 nitrogen and oxygen atoms in total. The van der Waals surface area contributed by atoms with Crippen LogP contribution in [-0.4, -0.2) is 59.0 Å². The van der Waals surface area contributed by atoms with Gasteiger partial charge in [-0.3, -0.25) is 4.99 Å². The zero-order valence-electron chi connectivity index (χ0n) is 14.3. The lowest BCUT2D eigenvalue weighted by Gasteiger charge is -2.54. The summed E-state index contributed by atoms with van der Waals surface area (Å²) in [6.07, 6.45) is 2.57. The fourth-order valence-corrected chi connectivity index (χ4v) is 3.95. The Morgan fingerprint density at radius 2 is 2.09 bits per heavy atom. The highest BCUT2D eigenvalue weighted by Crippen LogP contribution is 2.51. The molecule has 9 heteroatoms. The predicted molar refractivity (Wildman–Crippen MR) is 103 cm³/mol. The van der Waals surface area contributed by atoms with Crippen LogP contribution in [0.4, 0.5) is 0 Å². The molecule has 0 aromatic rings. The third kappa shape index (κ3) is 5.17. The number of halogens is 1. The van der Waals surface area contributed by atoms with Crippen LogP contribution in [0.1, 0.15) is 27.2 Å². The van der Waals surface area contributed by atoms with Gasteiger partial charge in [0.15, 0.2) is 5.96 Å². The van der Waals surface area contributed by atoms with Gasteiger partial charge in [0.1, 0.15) is 0 Å². The molecule has 136 valence electrons. The minimum Gasteiger partial charge on any atom is -0.377 e. The molecule has 3 unspecified atom stereocenters. The molecule has 0 aromatic heterocycles. The van der Waals surface area contributed by atoms with E-state index in [-0.39, 0.29) is 29.4 Å². The fraction of sp³-hybridized carbons (Fsp3) is 0.929. The van der Waals surface area contributed by atoms with Crippen molar-refractivity contribution in [1.29, 1.82) is 0 Å². The molecule has 1 saturated heterocycles. The first kappa shape index (κ1) is 20.9. The normalized spacial score (nSPS) is 29.2. The van der Waals surface area contributed by atoms with E-state index in [0.29, 0.717) is 31.2 Å². The van der Waals surface area contributed by atoms with Crippen LogP contribution >= 0.6 is 24.0 Å². The molecule has 0 radical (unpaired) electrons. The molecular weight excluding hydrogens is 431 g/mol. The molecule has 1 saturated carbocycles. The van der Waals surface area contributed by atoms with E-state index in [2.05, 4.69) is 34.2 Å². The van der Waals surface area contributed by atoms with Crippen molar-refractivity contribution in [3.8, 4) is 0 Å². The lowest BCUT2D eigenvalue weighted by Crippen LogP contribution is -2.68. The van der Waals surface area contributed by atoms with Crippen LogP contribution < -0.4 is 15.4 Å². The van der Waals surface area contributed by atoms with Gasteiger partial charge in [-0.05, 0) is 13.3 Å². The van der Waals surface area contributed by atoms with Gasteiger partial charge in [-0.25, -0.2) is 13.1 Å². The first-order chi connectivity index (χ1) is 10.3. The summed E-state index contributed by atoms with van der Waals surface area (Å²) in [7, 11) is -3.16. The fourth-order valence-electron chi connectivity index (χ4n) is 3.48. The summed E-state index contributed by atoms with van der Waals surface area (Å²) in [6.45, 7) is 8.75.